The van der Waals surface area contributed by atoms with Gasteiger partial charge in [-0.25, -0.2) is 0 Å². The third-order valence-electron chi connectivity index (χ3n) is 2.68. The Morgan fingerprint density at radius 2 is 2.05 bits per heavy atom. The first-order valence-corrected chi connectivity index (χ1v) is 6.79. The van der Waals surface area contributed by atoms with E-state index in [-0.39, 0.29) is 11.9 Å². The molecule has 0 saturated carbocycles. The highest BCUT2D eigenvalue weighted by atomic mass is 32.1. The van der Waals surface area contributed by atoms with Crippen molar-refractivity contribution >= 4 is 28.8 Å². The minimum atomic E-state index is -0.00501. The third-order valence-corrected chi connectivity index (χ3v) is 2.90. The maximum Gasteiger partial charge on any atom is 0.239 e. The van der Waals surface area contributed by atoms with E-state index in [0.29, 0.717) is 18.1 Å². The van der Waals surface area contributed by atoms with Crippen molar-refractivity contribution in [2.45, 2.75) is 26.8 Å². The molecular weight excluding hydrogens is 258 g/mol. The lowest BCUT2D eigenvalue weighted by atomic mass is 10.1. The van der Waals surface area contributed by atoms with Crippen LogP contribution in [-0.4, -0.2) is 30.0 Å². The highest BCUT2D eigenvalue weighted by Crippen LogP contribution is 2.19. The standard InChI is InChI=1S/C14H21N3OS/c1-4-17(9-13(18)16-10(2)3)12-8-6-5-7-11(12)14(15)19/h5-8,10H,4,9H2,1-3H3,(H2,15,19)(H,16,18). The predicted octanol–water partition coefficient (Wildman–Crippen LogP) is 1.67. The van der Waals surface area contributed by atoms with Crippen molar-refractivity contribution in [3.8, 4) is 0 Å². The lowest BCUT2D eigenvalue weighted by Gasteiger charge is -2.25. The molecule has 0 spiro atoms. The molecule has 4 nitrogen and oxygen atoms in total. The molecule has 1 rings (SSSR count). The Morgan fingerprint density at radius 3 is 2.58 bits per heavy atom. The summed E-state index contributed by atoms with van der Waals surface area (Å²) in [5.74, 6) is -0.00501. The van der Waals surface area contributed by atoms with Crippen molar-refractivity contribution in [2.24, 2.45) is 5.73 Å². The fourth-order valence-electron chi connectivity index (χ4n) is 1.87. The Morgan fingerprint density at radius 1 is 1.42 bits per heavy atom. The number of likely N-dealkylation sites (N-methyl/N-ethyl adjacent to an activating group) is 1. The van der Waals surface area contributed by atoms with Crippen LogP contribution in [0.2, 0.25) is 0 Å². The minimum absolute atomic E-state index is 0.00501. The first kappa shape index (κ1) is 15.4. The van der Waals surface area contributed by atoms with E-state index in [0.717, 1.165) is 11.3 Å². The molecule has 0 unspecified atom stereocenters. The van der Waals surface area contributed by atoms with Crippen molar-refractivity contribution in [1.29, 1.82) is 0 Å². The molecule has 0 aliphatic heterocycles. The smallest absolute Gasteiger partial charge is 0.239 e. The van der Waals surface area contributed by atoms with Gasteiger partial charge in [0.05, 0.1) is 6.54 Å². The van der Waals surface area contributed by atoms with Crippen LogP contribution in [0.5, 0.6) is 0 Å². The molecule has 1 aromatic carbocycles. The number of rotatable bonds is 6. The highest BCUT2D eigenvalue weighted by Gasteiger charge is 2.14. The maximum absolute atomic E-state index is 11.9. The Kier molecular flexibility index (Phi) is 5.76. The van der Waals surface area contributed by atoms with Gasteiger partial charge in [0.25, 0.3) is 0 Å². The number of carbonyl (C=O) groups excluding carboxylic acids is 1. The summed E-state index contributed by atoms with van der Waals surface area (Å²) >= 11 is 5.05. The molecule has 0 atom stereocenters. The third kappa shape index (κ3) is 4.52. The number of thiocarbonyl (C=S) groups is 1. The summed E-state index contributed by atoms with van der Waals surface area (Å²) in [4.78, 5) is 14.2. The fraction of sp³-hybridized carbons (Fsp3) is 0.429. The quantitative estimate of drug-likeness (QED) is 0.778. The molecular formula is C14H21N3OS. The molecule has 104 valence electrons. The van der Waals surface area contributed by atoms with Gasteiger partial charge in [0.2, 0.25) is 5.91 Å². The molecule has 19 heavy (non-hydrogen) atoms. The molecule has 0 aliphatic carbocycles. The summed E-state index contributed by atoms with van der Waals surface area (Å²) in [6, 6.07) is 7.75. The average Bonchev–Trinajstić information content (AvgIpc) is 2.35. The van der Waals surface area contributed by atoms with Crippen LogP contribution < -0.4 is 16.0 Å². The number of nitrogens with zero attached hydrogens (tertiary/aromatic N) is 1. The number of anilines is 1. The van der Waals surface area contributed by atoms with Gasteiger partial charge >= 0.3 is 0 Å². The summed E-state index contributed by atoms with van der Waals surface area (Å²) in [5, 5.41) is 2.88. The van der Waals surface area contributed by atoms with Crippen LogP contribution in [0.1, 0.15) is 26.3 Å². The van der Waals surface area contributed by atoms with Crippen LogP contribution in [0, 0.1) is 0 Å². The van der Waals surface area contributed by atoms with E-state index in [1.165, 1.54) is 0 Å². The summed E-state index contributed by atoms with van der Waals surface area (Å²) in [6.45, 7) is 6.90. The van der Waals surface area contributed by atoms with Gasteiger partial charge in [-0.2, -0.15) is 0 Å². The molecule has 0 bridgehead atoms. The predicted molar refractivity (Wildman–Crippen MR) is 83.5 cm³/mol. The van der Waals surface area contributed by atoms with Gasteiger partial charge in [-0.15, -0.1) is 0 Å². The van der Waals surface area contributed by atoms with Crippen molar-refractivity contribution < 1.29 is 4.79 Å². The van der Waals surface area contributed by atoms with Crippen LogP contribution >= 0.6 is 12.2 Å². The molecule has 0 aliphatic rings. The average molecular weight is 279 g/mol. The number of benzene rings is 1. The SMILES string of the molecule is CCN(CC(=O)NC(C)C)c1ccccc1C(N)=S. The summed E-state index contributed by atoms with van der Waals surface area (Å²) < 4.78 is 0. The number of nitrogens with two attached hydrogens (primary N) is 1. The Labute approximate surface area is 120 Å². The Balaban J connectivity index is 2.91. The number of carbonyl (C=O) groups is 1. The monoisotopic (exact) mass is 279 g/mol. The summed E-state index contributed by atoms with van der Waals surface area (Å²) in [7, 11) is 0. The second kappa shape index (κ2) is 7.09. The van der Waals surface area contributed by atoms with Crippen LogP contribution in [-0.2, 0) is 4.79 Å². The van der Waals surface area contributed by atoms with Crippen LogP contribution in [0.15, 0.2) is 24.3 Å². The zero-order valence-corrected chi connectivity index (χ0v) is 12.5. The Hall–Kier alpha value is -1.62. The van der Waals surface area contributed by atoms with E-state index in [1.807, 2.05) is 49.9 Å². The first-order chi connectivity index (χ1) is 8.95. The zero-order valence-electron chi connectivity index (χ0n) is 11.6. The fourth-order valence-corrected chi connectivity index (χ4v) is 2.04. The van der Waals surface area contributed by atoms with E-state index in [1.54, 1.807) is 0 Å². The van der Waals surface area contributed by atoms with Gasteiger partial charge in [-0.05, 0) is 32.9 Å². The number of hydrogen-bond acceptors (Lipinski definition) is 3. The van der Waals surface area contributed by atoms with Gasteiger partial charge in [0, 0.05) is 23.8 Å². The molecule has 0 heterocycles. The van der Waals surface area contributed by atoms with Crippen LogP contribution in [0.25, 0.3) is 0 Å². The second-order valence-corrected chi connectivity index (χ2v) is 5.06. The Bertz CT molecular complexity index is 460. The zero-order chi connectivity index (χ0) is 14.4. The molecule has 0 radical (unpaired) electrons. The largest absolute Gasteiger partial charge is 0.389 e. The summed E-state index contributed by atoms with van der Waals surface area (Å²) in [5.41, 5.74) is 7.42. The maximum atomic E-state index is 11.9. The van der Waals surface area contributed by atoms with E-state index < -0.39 is 0 Å². The van der Waals surface area contributed by atoms with E-state index in [9.17, 15) is 4.79 Å². The van der Waals surface area contributed by atoms with Gasteiger partial charge in [-0.1, -0.05) is 24.4 Å². The van der Waals surface area contributed by atoms with Gasteiger partial charge in [0.15, 0.2) is 0 Å². The van der Waals surface area contributed by atoms with Crippen LogP contribution in [0.4, 0.5) is 5.69 Å². The van der Waals surface area contributed by atoms with Crippen LogP contribution in [0.3, 0.4) is 0 Å². The molecule has 1 amide bonds. The number of nitrogens with one attached hydrogen (secondary N) is 1. The van der Waals surface area contributed by atoms with Crippen molar-refractivity contribution in [3.63, 3.8) is 0 Å². The normalized spacial score (nSPS) is 10.3. The molecule has 0 saturated heterocycles. The number of para-hydroxylation sites is 1. The van der Waals surface area contributed by atoms with E-state index in [2.05, 4.69) is 5.32 Å². The van der Waals surface area contributed by atoms with Gasteiger partial charge in [0.1, 0.15) is 4.99 Å². The molecule has 0 fully saturated rings. The number of hydrogen-bond donors (Lipinski definition) is 2. The lowest BCUT2D eigenvalue weighted by Crippen LogP contribution is -2.40. The molecule has 1 aromatic rings. The molecule has 0 aromatic heterocycles. The van der Waals surface area contributed by atoms with E-state index in [4.69, 9.17) is 18.0 Å². The summed E-state index contributed by atoms with van der Waals surface area (Å²) in [6.07, 6.45) is 0. The van der Waals surface area contributed by atoms with Gasteiger partial charge < -0.3 is 16.0 Å². The second-order valence-electron chi connectivity index (χ2n) is 4.62. The van der Waals surface area contributed by atoms with E-state index >= 15 is 0 Å². The highest BCUT2D eigenvalue weighted by molar-refractivity contribution is 7.80. The van der Waals surface area contributed by atoms with Crippen molar-refractivity contribution in [1.82, 2.24) is 5.32 Å². The first-order valence-electron chi connectivity index (χ1n) is 6.38. The van der Waals surface area contributed by atoms with Crippen molar-refractivity contribution in [3.05, 3.63) is 29.8 Å². The number of amides is 1. The lowest BCUT2D eigenvalue weighted by molar-refractivity contribution is -0.120. The van der Waals surface area contributed by atoms with Crippen molar-refractivity contribution in [2.75, 3.05) is 18.0 Å². The minimum Gasteiger partial charge on any atom is -0.389 e. The molecule has 5 heteroatoms. The molecule has 3 N–H and O–H groups in total. The topological polar surface area (TPSA) is 58.4 Å². The van der Waals surface area contributed by atoms with Gasteiger partial charge in [-0.3, -0.25) is 4.79 Å².